The Labute approximate surface area is 189 Å². The van der Waals surface area contributed by atoms with Crippen LogP contribution in [0.1, 0.15) is 31.4 Å². The average Bonchev–Trinajstić information content (AvgIpc) is 3.36. The molecule has 3 aromatic rings. The zero-order valence-corrected chi connectivity index (χ0v) is 19.0. The molecule has 0 aliphatic rings. The number of nitrogens with zero attached hydrogens (tertiary/aromatic N) is 4. The van der Waals surface area contributed by atoms with Crippen LogP contribution in [-0.4, -0.2) is 47.5 Å². The summed E-state index contributed by atoms with van der Waals surface area (Å²) in [5.41, 5.74) is 2.30. The van der Waals surface area contributed by atoms with Gasteiger partial charge in [-0.05, 0) is 68.1 Å². The number of guanidine groups is 1. The van der Waals surface area contributed by atoms with E-state index in [1.54, 1.807) is 24.2 Å². The second-order valence-electron chi connectivity index (χ2n) is 7.12. The van der Waals surface area contributed by atoms with Crippen LogP contribution in [0.3, 0.4) is 0 Å². The van der Waals surface area contributed by atoms with Crippen LogP contribution in [-0.2, 0) is 13.0 Å². The summed E-state index contributed by atoms with van der Waals surface area (Å²) in [5, 5.41) is 11.0. The van der Waals surface area contributed by atoms with Gasteiger partial charge in [0, 0.05) is 31.7 Å². The van der Waals surface area contributed by atoms with E-state index in [0.717, 1.165) is 54.8 Å². The molecule has 170 valence electrons. The molecule has 2 aromatic heterocycles. The number of hydrogen-bond acceptors (Lipinski definition) is 5. The average molecular weight is 437 g/mol. The second-order valence-corrected chi connectivity index (χ2v) is 7.12. The number of hydrogen-bond donors (Lipinski definition) is 2. The van der Waals surface area contributed by atoms with Crippen molar-refractivity contribution < 1.29 is 9.47 Å². The van der Waals surface area contributed by atoms with Gasteiger partial charge in [-0.3, -0.25) is 0 Å². The molecule has 0 fully saturated rings. The smallest absolute Gasteiger partial charge is 0.191 e. The van der Waals surface area contributed by atoms with Crippen LogP contribution in [0.25, 0.3) is 5.82 Å². The first-order valence-electron chi connectivity index (χ1n) is 11.0. The van der Waals surface area contributed by atoms with E-state index < -0.39 is 0 Å². The monoisotopic (exact) mass is 436 g/mol. The van der Waals surface area contributed by atoms with E-state index in [1.165, 1.54) is 5.56 Å². The fraction of sp³-hybridized carbons (Fsp3) is 0.375. The normalized spacial score (nSPS) is 11.3. The number of nitrogens with one attached hydrogen (secondary N) is 2. The maximum absolute atomic E-state index is 5.67. The van der Waals surface area contributed by atoms with Gasteiger partial charge in [0.15, 0.2) is 23.3 Å². The summed E-state index contributed by atoms with van der Waals surface area (Å²) in [6.45, 7) is 6.83. The summed E-state index contributed by atoms with van der Waals surface area (Å²) >= 11 is 0. The van der Waals surface area contributed by atoms with Crippen molar-refractivity contribution >= 4 is 5.96 Å². The maximum atomic E-state index is 5.67. The molecule has 8 nitrogen and oxygen atoms in total. The molecule has 0 amide bonds. The molecule has 0 bridgehead atoms. The van der Waals surface area contributed by atoms with Crippen LogP contribution in [0.4, 0.5) is 0 Å². The molecule has 2 heterocycles. The largest absolute Gasteiger partial charge is 0.493 e. The minimum absolute atomic E-state index is 0.558. The third-order valence-corrected chi connectivity index (χ3v) is 4.78. The van der Waals surface area contributed by atoms with Gasteiger partial charge in [0.05, 0.1) is 20.3 Å². The van der Waals surface area contributed by atoms with Crippen molar-refractivity contribution in [3.05, 3.63) is 66.1 Å². The summed E-state index contributed by atoms with van der Waals surface area (Å²) in [7, 11) is 1.66. The molecular weight excluding hydrogens is 404 g/mol. The Kier molecular flexibility index (Phi) is 8.92. The summed E-state index contributed by atoms with van der Waals surface area (Å²) in [5.74, 6) is 3.14. The number of aryl methyl sites for hydroxylation is 1. The number of aromatic nitrogens is 3. The zero-order chi connectivity index (χ0) is 22.6. The van der Waals surface area contributed by atoms with Crippen molar-refractivity contribution in [2.45, 2.75) is 33.2 Å². The van der Waals surface area contributed by atoms with Crippen molar-refractivity contribution in [2.24, 2.45) is 4.99 Å². The second kappa shape index (κ2) is 12.3. The van der Waals surface area contributed by atoms with E-state index in [9.17, 15) is 0 Å². The standard InChI is InChI=1S/C24H32N6O2/c1-4-25-24(28-18-20-11-14-26-23(17-20)30-15-7-13-29-30)27-12-6-8-19-9-10-21(31-3)22(16-19)32-5-2/h7,9-11,13-17H,4-6,8,12,18H2,1-3H3,(H2,25,27,28). The minimum Gasteiger partial charge on any atom is -0.493 e. The van der Waals surface area contributed by atoms with Crippen molar-refractivity contribution in [3.8, 4) is 17.3 Å². The number of methoxy groups -OCH3 is 1. The lowest BCUT2D eigenvalue weighted by atomic mass is 10.1. The number of benzene rings is 1. The highest BCUT2D eigenvalue weighted by atomic mass is 16.5. The quantitative estimate of drug-likeness (QED) is 0.272. The van der Waals surface area contributed by atoms with E-state index in [0.29, 0.717) is 13.2 Å². The van der Waals surface area contributed by atoms with E-state index in [1.807, 2.05) is 37.4 Å². The zero-order valence-electron chi connectivity index (χ0n) is 19.0. The molecule has 2 N–H and O–H groups in total. The van der Waals surface area contributed by atoms with Gasteiger partial charge in [-0.25, -0.2) is 14.7 Å². The number of rotatable bonds is 11. The Hall–Kier alpha value is -3.55. The Morgan fingerprint density at radius 2 is 1.97 bits per heavy atom. The highest BCUT2D eigenvalue weighted by molar-refractivity contribution is 5.79. The van der Waals surface area contributed by atoms with Crippen LogP contribution >= 0.6 is 0 Å². The summed E-state index contributed by atoms with van der Waals surface area (Å²) < 4.78 is 12.8. The fourth-order valence-corrected chi connectivity index (χ4v) is 3.24. The minimum atomic E-state index is 0.558. The molecule has 32 heavy (non-hydrogen) atoms. The lowest BCUT2D eigenvalue weighted by Gasteiger charge is -2.13. The third kappa shape index (κ3) is 6.73. The van der Waals surface area contributed by atoms with Crippen LogP contribution in [0.15, 0.2) is 60.0 Å². The van der Waals surface area contributed by atoms with E-state index in [2.05, 4.69) is 39.8 Å². The topological polar surface area (TPSA) is 85.6 Å². The first kappa shape index (κ1) is 23.1. The Bertz CT molecular complexity index is 988. The van der Waals surface area contributed by atoms with E-state index in [4.69, 9.17) is 14.5 Å². The molecular formula is C24H32N6O2. The molecule has 0 unspecified atom stereocenters. The predicted molar refractivity (Wildman–Crippen MR) is 127 cm³/mol. The van der Waals surface area contributed by atoms with Gasteiger partial charge in [0.25, 0.3) is 0 Å². The summed E-state index contributed by atoms with van der Waals surface area (Å²) in [4.78, 5) is 9.08. The van der Waals surface area contributed by atoms with Crippen LogP contribution in [0.2, 0.25) is 0 Å². The van der Waals surface area contributed by atoms with Gasteiger partial charge in [0.2, 0.25) is 0 Å². The van der Waals surface area contributed by atoms with Crippen molar-refractivity contribution in [1.29, 1.82) is 0 Å². The van der Waals surface area contributed by atoms with Crippen molar-refractivity contribution in [3.63, 3.8) is 0 Å². The first-order valence-corrected chi connectivity index (χ1v) is 11.0. The molecule has 8 heteroatoms. The van der Waals surface area contributed by atoms with Gasteiger partial charge < -0.3 is 20.1 Å². The summed E-state index contributed by atoms with van der Waals surface area (Å²) in [6.07, 6.45) is 7.31. The number of ether oxygens (including phenoxy) is 2. The predicted octanol–water partition coefficient (Wildman–Crippen LogP) is 3.36. The number of aliphatic imine (C=N–C) groups is 1. The van der Waals surface area contributed by atoms with Gasteiger partial charge in [-0.1, -0.05) is 6.07 Å². The van der Waals surface area contributed by atoms with Gasteiger partial charge in [0.1, 0.15) is 0 Å². The molecule has 0 radical (unpaired) electrons. The van der Waals surface area contributed by atoms with Crippen LogP contribution in [0.5, 0.6) is 11.5 Å². The van der Waals surface area contributed by atoms with E-state index in [-0.39, 0.29) is 0 Å². The fourth-order valence-electron chi connectivity index (χ4n) is 3.24. The number of pyridine rings is 1. The first-order chi connectivity index (χ1) is 15.7. The molecule has 1 aromatic carbocycles. The molecule has 0 spiro atoms. The Balaban J connectivity index is 1.53. The molecule has 0 saturated heterocycles. The summed E-state index contributed by atoms with van der Waals surface area (Å²) in [6, 6.07) is 12.0. The van der Waals surface area contributed by atoms with Crippen LogP contribution in [0, 0.1) is 0 Å². The van der Waals surface area contributed by atoms with Gasteiger partial charge in [-0.2, -0.15) is 5.10 Å². The van der Waals surface area contributed by atoms with Crippen LogP contribution < -0.4 is 20.1 Å². The lowest BCUT2D eigenvalue weighted by Crippen LogP contribution is -2.37. The molecule has 0 aliphatic carbocycles. The molecule has 0 atom stereocenters. The molecule has 3 rings (SSSR count). The van der Waals surface area contributed by atoms with E-state index >= 15 is 0 Å². The third-order valence-electron chi connectivity index (χ3n) is 4.78. The van der Waals surface area contributed by atoms with Gasteiger partial charge >= 0.3 is 0 Å². The van der Waals surface area contributed by atoms with Gasteiger partial charge in [-0.15, -0.1) is 0 Å². The van der Waals surface area contributed by atoms with Crippen molar-refractivity contribution in [1.82, 2.24) is 25.4 Å². The highest BCUT2D eigenvalue weighted by Gasteiger charge is 2.06. The molecule has 0 aliphatic heterocycles. The highest BCUT2D eigenvalue weighted by Crippen LogP contribution is 2.28. The Morgan fingerprint density at radius 3 is 2.72 bits per heavy atom. The van der Waals surface area contributed by atoms with Crippen molar-refractivity contribution in [2.75, 3.05) is 26.8 Å². The maximum Gasteiger partial charge on any atom is 0.191 e. The SMILES string of the molecule is CCNC(=NCc1ccnc(-n2cccn2)c1)NCCCc1ccc(OC)c(OCC)c1. The Morgan fingerprint density at radius 1 is 1.06 bits per heavy atom. The molecule has 0 saturated carbocycles. The lowest BCUT2D eigenvalue weighted by molar-refractivity contribution is 0.310.